The molecule has 125 valence electrons. The van der Waals surface area contributed by atoms with Gasteiger partial charge < -0.3 is 11.1 Å². The van der Waals surface area contributed by atoms with E-state index in [1.807, 2.05) is 30.3 Å². The first-order valence-corrected chi connectivity index (χ1v) is 7.74. The van der Waals surface area contributed by atoms with E-state index >= 15 is 0 Å². The lowest BCUT2D eigenvalue weighted by Crippen LogP contribution is -2.49. The molecule has 24 heavy (non-hydrogen) atoms. The highest BCUT2D eigenvalue weighted by molar-refractivity contribution is 5.94. The minimum Gasteiger partial charge on any atom is -0.366 e. The summed E-state index contributed by atoms with van der Waals surface area (Å²) in [5.41, 5.74) is 5.50. The molecule has 6 heteroatoms. The van der Waals surface area contributed by atoms with Gasteiger partial charge in [0.05, 0.1) is 12.5 Å². The average Bonchev–Trinajstić information content (AvgIpc) is 2.96. The summed E-state index contributed by atoms with van der Waals surface area (Å²) in [6.45, 7) is 5.43. The third-order valence-corrected chi connectivity index (χ3v) is 4.06. The van der Waals surface area contributed by atoms with Crippen molar-refractivity contribution in [1.82, 2.24) is 10.2 Å². The maximum atomic E-state index is 12.0. The first-order valence-electron chi connectivity index (χ1n) is 7.74. The lowest BCUT2D eigenvalue weighted by Gasteiger charge is -2.23. The molecule has 0 spiro atoms. The predicted octanol–water partition coefficient (Wildman–Crippen LogP) is 0.907. The van der Waals surface area contributed by atoms with Gasteiger partial charge in [0.15, 0.2) is 0 Å². The van der Waals surface area contributed by atoms with Crippen molar-refractivity contribution in [3.05, 3.63) is 54.5 Å². The number of carbonyl (C=O) groups excluding carboxylic acids is 2. The minimum atomic E-state index is -0.906. The molecule has 2 amide bonds. The lowest BCUT2D eigenvalue weighted by atomic mass is 10.00. The number of rotatable bonds is 7. The van der Waals surface area contributed by atoms with Gasteiger partial charge in [-0.3, -0.25) is 14.5 Å². The highest BCUT2D eigenvalue weighted by atomic mass is 16.2. The van der Waals surface area contributed by atoms with Gasteiger partial charge >= 0.3 is 0 Å². The number of hydrogen-bond acceptors (Lipinski definition) is 4. The van der Waals surface area contributed by atoms with E-state index in [1.165, 1.54) is 12.0 Å². The third kappa shape index (κ3) is 4.67. The van der Waals surface area contributed by atoms with Crippen molar-refractivity contribution in [3.8, 4) is 6.07 Å². The first-order chi connectivity index (χ1) is 11.4. The second kappa shape index (κ2) is 7.75. The van der Waals surface area contributed by atoms with Gasteiger partial charge in [0.1, 0.15) is 5.54 Å². The van der Waals surface area contributed by atoms with Crippen LogP contribution in [0.3, 0.4) is 0 Å². The van der Waals surface area contributed by atoms with Crippen LogP contribution in [0.25, 0.3) is 0 Å². The number of benzene rings is 1. The number of primary amides is 1. The second-order valence-electron chi connectivity index (χ2n) is 6.01. The largest absolute Gasteiger partial charge is 0.366 e. The fourth-order valence-electron chi connectivity index (χ4n) is 2.69. The maximum absolute atomic E-state index is 12.0. The molecule has 0 aromatic heterocycles. The standard InChI is InChI=1S/C18H21N4O2/c1-14(17(20)24)7-8-16(23)21-18(12-19)9-10-22(13-18)11-15-5-3-2-4-6-15/h2-6,8H,1,7,9-11,13H2,(H2,20,24)(H,21,23). The van der Waals surface area contributed by atoms with Crippen molar-refractivity contribution >= 4 is 11.8 Å². The van der Waals surface area contributed by atoms with E-state index in [0.717, 1.165) is 13.1 Å². The number of hydrogen-bond donors (Lipinski definition) is 2. The summed E-state index contributed by atoms with van der Waals surface area (Å²) < 4.78 is 0. The molecule has 6 nitrogen and oxygen atoms in total. The monoisotopic (exact) mass is 325 g/mol. The molecule has 1 aliphatic rings. The van der Waals surface area contributed by atoms with E-state index in [0.29, 0.717) is 13.0 Å². The van der Waals surface area contributed by atoms with Crippen molar-refractivity contribution in [1.29, 1.82) is 5.26 Å². The van der Waals surface area contributed by atoms with Gasteiger partial charge in [0.2, 0.25) is 11.8 Å². The quantitative estimate of drug-likeness (QED) is 0.728. The average molecular weight is 325 g/mol. The van der Waals surface area contributed by atoms with Crippen LogP contribution in [0.4, 0.5) is 0 Å². The summed E-state index contributed by atoms with van der Waals surface area (Å²) in [5.74, 6) is -1.02. The van der Waals surface area contributed by atoms with Crippen molar-refractivity contribution in [2.45, 2.75) is 24.9 Å². The van der Waals surface area contributed by atoms with Gasteiger partial charge in [-0.05, 0) is 18.4 Å². The normalized spacial score (nSPS) is 20.3. The number of nitriles is 1. The second-order valence-corrected chi connectivity index (χ2v) is 6.01. The van der Waals surface area contributed by atoms with Gasteiger partial charge in [0.25, 0.3) is 0 Å². The Morgan fingerprint density at radius 1 is 1.42 bits per heavy atom. The Balaban J connectivity index is 1.88. The molecular formula is C18H21N4O2. The van der Waals surface area contributed by atoms with Crippen LogP contribution < -0.4 is 11.1 Å². The number of carbonyl (C=O) groups is 2. The maximum Gasteiger partial charge on any atom is 0.244 e. The van der Waals surface area contributed by atoms with Crippen LogP contribution in [0.5, 0.6) is 0 Å². The Bertz CT molecular complexity index is 665. The molecule has 3 N–H and O–H groups in total. The Morgan fingerprint density at radius 3 is 2.75 bits per heavy atom. The molecule has 2 rings (SSSR count). The van der Waals surface area contributed by atoms with Crippen LogP contribution in [0.1, 0.15) is 18.4 Å². The summed E-state index contributed by atoms with van der Waals surface area (Å²) in [4.78, 5) is 25.1. The van der Waals surface area contributed by atoms with Crippen molar-refractivity contribution < 1.29 is 9.59 Å². The van der Waals surface area contributed by atoms with Crippen LogP contribution in [0.15, 0.2) is 42.5 Å². The molecule has 1 fully saturated rings. The molecule has 1 heterocycles. The minimum absolute atomic E-state index is 0.0798. The highest BCUT2D eigenvalue weighted by Crippen LogP contribution is 2.23. The van der Waals surface area contributed by atoms with Gasteiger partial charge in [0, 0.05) is 25.2 Å². The number of nitrogens with zero attached hydrogens (tertiary/aromatic N) is 2. The molecule has 1 aromatic rings. The molecule has 1 radical (unpaired) electrons. The molecule has 1 aliphatic heterocycles. The van der Waals surface area contributed by atoms with Crippen LogP contribution in [-0.4, -0.2) is 35.3 Å². The molecule has 1 aromatic carbocycles. The smallest absolute Gasteiger partial charge is 0.244 e. The Kier molecular flexibility index (Phi) is 5.72. The number of nitrogens with two attached hydrogens (primary N) is 1. The summed E-state index contributed by atoms with van der Waals surface area (Å²) in [5, 5.41) is 12.3. The zero-order valence-corrected chi connectivity index (χ0v) is 13.5. The van der Waals surface area contributed by atoms with Crippen LogP contribution in [0, 0.1) is 17.8 Å². The SMILES string of the molecule is C=C(C[CH]C(=O)NC1(C#N)CCN(Cc2ccccc2)C1)C(N)=O. The Labute approximate surface area is 141 Å². The fourth-order valence-corrected chi connectivity index (χ4v) is 2.69. The molecule has 1 saturated heterocycles. The highest BCUT2D eigenvalue weighted by Gasteiger charge is 2.39. The molecule has 1 atom stereocenters. The van der Waals surface area contributed by atoms with Gasteiger partial charge in [-0.15, -0.1) is 0 Å². The summed E-state index contributed by atoms with van der Waals surface area (Å²) >= 11 is 0. The fraction of sp³-hybridized carbons (Fsp3) is 0.333. The van der Waals surface area contributed by atoms with E-state index in [2.05, 4.69) is 22.9 Å². The van der Waals surface area contributed by atoms with Crippen molar-refractivity contribution in [2.75, 3.05) is 13.1 Å². The van der Waals surface area contributed by atoms with Gasteiger partial charge in [-0.2, -0.15) is 5.26 Å². The van der Waals surface area contributed by atoms with Crippen LogP contribution >= 0.6 is 0 Å². The molecule has 0 saturated carbocycles. The van der Waals surface area contributed by atoms with Gasteiger partial charge in [-0.1, -0.05) is 36.9 Å². The topological polar surface area (TPSA) is 99.2 Å². The van der Waals surface area contributed by atoms with E-state index in [4.69, 9.17) is 5.73 Å². The van der Waals surface area contributed by atoms with Crippen LogP contribution in [0.2, 0.25) is 0 Å². The molecular weight excluding hydrogens is 304 g/mol. The van der Waals surface area contributed by atoms with E-state index in [-0.39, 0.29) is 17.9 Å². The summed E-state index contributed by atoms with van der Waals surface area (Å²) in [6.07, 6.45) is 1.94. The zero-order valence-electron chi connectivity index (χ0n) is 13.5. The molecule has 1 unspecified atom stereocenters. The van der Waals surface area contributed by atoms with E-state index < -0.39 is 11.4 Å². The third-order valence-electron chi connectivity index (χ3n) is 4.06. The van der Waals surface area contributed by atoms with Gasteiger partial charge in [-0.25, -0.2) is 0 Å². The Morgan fingerprint density at radius 2 is 2.12 bits per heavy atom. The van der Waals surface area contributed by atoms with E-state index in [9.17, 15) is 14.9 Å². The van der Waals surface area contributed by atoms with Crippen molar-refractivity contribution in [3.63, 3.8) is 0 Å². The lowest BCUT2D eigenvalue weighted by molar-refractivity contribution is -0.119. The Hall–Kier alpha value is -2.65. The number of likely N-dealkylation sites (tertiary alicyclic amines) is 1. The number of amides is 2. The molecule has 0 aliphatic carbocycles. The van der Waals surface area contributed by atoms with E-state index in [1.54, 1.807) is 0 Å². The van der Waals surface area contributed by atoms with Crippen LogP contribution in [-0.2, 0) is 16.1 Å². The molecule has 0 bridgehead atoms. The number of nitrogens with one attached hydrogen (secondary N) is 1. The summed E-state index contributed by atoms with van der Waals surface area (Å²) in [7, 11) is 0. The zero-order chi connectivity index (χ0) is 17.6. The van der Waals surface area contributed by atoms with Crippen molar-refractivity contribution in [2.24, 2.45) is 5.73 Å². The predicted molar refractivity (Wildman–Crippen MR) is 90.1 cm³/mol. The summed E-state index contributed by atoms with van der Waals surface area (Å²) in [6, 6.07) is 12.2. The first kappa shape index (κ1) is 17.7.